The molecule has 1 heterocycles. The van der Waals surface area contributed by atoms with E-state index >= 15 is 0 Å². The summed E-state index contributed by atoms with van der Waals surface area (Å²) in [6.07, 6.45) is 1.80. The maximum absolute atomic E-state index is 12.4. The van der Waals surface area contributed by atoms with Crippen LogP contribution in [-0.4, -0.2) is 17.3 Å². The Morgan fingerprint density at radius 1 is 1.06 bits per heavy atom. The molecule has 3 aromatic carbocycles. The van der Waals surface area contributed by atoms with E-state index in [1.165, 1.54) is 0 Å². The van der Waals surface area contributed by atoms with Crippen LogP contribution in [0.2, 0.25) is 0 Å². The van der Waals surface area contributed by atoms with E-state index in [0.29, 0.717) is 17.2 Å². The predicted molar refractivity (Wildman–Crippen MR) is 140 cm³/mol. The van der Waals surface area contributed by atoms with Gasteiger partial charge in [-0.05, 0) is 53.3 Å². The van der Waals surface area contributed by atoms with Gasteiger partial charge in [0.25, 0.3) is 5.91 Å². The van der Waals surface area contributed by atoms with Crippen molar-refractivity contribution < 1.29 is 9.53 Å². The summed E-state index contributed by atoms with van der Waals surface area (Å²) in [6, 6.07) is 24.2. The summed E-state index contributed by atoms with van der Waals surface area (Å²) in [4.78, 5) is 12.4. The van der Waals surface area contributed by atoms with Crippen LogP contribution in [0, 0.1) is 22.7 Å². The van der Waals surface area contributed by atoms with Crippen molar-refractivity contribution in [1.29, 1.82) is 10.8 Å². The molecule has 1 saturated heterocycles. The number of hydrogen-bond acceptors (Lipinski definition) is 5. The quantitative estimate of drug-likeness (QED) is 0.239. The molecule has 1 aliphatic rings. The lowest BCUT2D eigenvalue weighted by atomic mass is 9.86. The molecule has 5 N–H and O–H groups in total. The summed E-state index contributed by atoms with van der Waals surface area (Å²) in [6.45, 7) is 4.39. The normalized spacial score (nSPS) is 19.1. The summed E-state index contributed by atoms with van der Waals surface area (Å²) < 4.78 is 6.40. The Bertz CT molecular complexity index is 1210. The minimum atomic E-state index is -0.651. The molecule has 4 unspecified atom stereocenters. The van der Waals surface area contributed by atoms with Crippen molar-refractivity contribution in [2.24, 2.45) is 11.8 Å². The Balaban J connectivity index is 1.56. The van der Waals surface area contributed by atoms with Crippen LogP contribution < -0.4 is 15.8 Å². The van der Waals surface area contributed by atoms with Gasteiger partial charge < -0.3 is 21.2 Å². The highest BCUT2D eigenvalue weighted by atomic mass is 16.5. The fourth-order valence-corrected chi connectivity index (χ4v) is 4.46. The number of carbonyl (C=O) groups is 1. The maximum atomic E-state index is 12.4. The lowest BCUT2D eigenvalue weighted by molar-refractivity contribution is -0.114. The van der Waals surface area contributed by atoms with Gasteiger partial charge in [0.05, 0.1) is 17.7 Å². The summed E-state index contributed by atoms with van der Waals surface area (Å²) in [5, 5.41) is 19.9. The van der Waals surface area contributed by atoms with Crippen LogP contribution >= 0.6 is 0 Å². The maximum Gasteiger partial charge on any atom is 0.266 e. The van der Waals surface area contributed by atoms with E-state index in [9.17, 15) is 4.79 Å². The molecule has 4 atom stereocenters. The molecule has 35 heavy (non-hydrogen) atoms. The van der Waals surface area contributed by atoms with E-state index in [0.717, 1.165) is 29.7 Å². The zero-order chi connectivity index (χ0) is 24.9. The van der Waals surface area contributed by atoms with Crippen molar-refractivity contribution in [1.82, 2.24) is 5.32 Å². The van der Waals surface area contributed by atoms with E-state index in [4.69, 9.17) is 21.3 Å². The number of benzene rings is 3. The van der Waals surface area contributed by atoms with Crippen LogP contribution in [0.4, 0.5) is 5.69 Å². The van der Waals surface area contributed by atoms with Crippen molar-refractivity contribution in [2.75, 3.05) is 5.73 Å². The number of rotatable bonds is 9. The van der Waals surface area contributed by atoms with Gasteiger partial charge in [-0.1, -0.05) is 74.9 Å². The number of ether oxygens (including phenoxy) is 1. The first-order valence-electron chi connectivity index (χ1n) is 12.0. The van der Waals surface area contributed by atoms with Gasteiger partial charge in [-0.2, -0.15) is 0 Å². The van der Waals surface area contributed by atoms with Crippen molar-refractivity contribution in [3.05, 3.63) is 95.6 Å². The number of amides is 1. The second-order valence-electron chi connectivity index (χ2n) is 9.22. The first-order valence-corrected chi connectivity index (χ1v) is 12.0. The molecule has 180 valence electrons. The molecule has 6 heteroatoms. The van der Waals surface area contributed by atoms with Gasteiger partial charge in [0.1, 0.15) is 17.6 Å². The van der Waals surface area contributed by atoms with Crippen molar-refractivity contribution in [3.63, 3.8) is 0 Å². The molecule has 0 radical (unpaired) electrons. The van der Waals surface area contributed by atoms with Crippen molar-refractivity contribution in [2.45, 2.75) is 38.8 Å². The Labute approximate surface area is 206 Å². The molecule has 3 aromatic rings. The van der Waals surface area contributed by atoms with Crippen LogP contribution in [0.5, 0.6) is 5.75 Å². The van der Waals surface area contributed by atoms with Crippen LogP contribution in [0.15, 0.2) is 78.9 Å². The third-order valence-electron chi connectivity index (χ3n) is 6.68. The number of nitrogens with one attached hydrogen (secondary N) is 3. The molecule has 0 bridgehead atoms. The molecular formula is C29H32N4O2. The number of anilines is 1. The topological polar surface area (TPSA) is 112 Å². The lowest BCUT2D eigenvalue weighted by Crippen LogP contribution is -2.26. The smallest absolute Gasteiger partial charge is 0.266 e. The largest absolute Gasteiger partial charge is 0.486 e. The zero-order valence-corrected chi connectivity index (χ0v) is 20.1. The first-order chi connectivity index (χ1) is 16.9. The van der Waals surface area contributed by atoms with E-state index in [1.54, 1.807) is 0 Å². The average Bonchev–Trinajstić information content (AvgIpc) is 3.18. The van der Waals surface area contributed by atoms with Gasteiger partial charge in [-0.15, -0.1) is 0 Å². The van der Waals surface area contributed by atoms with E-state index < -0.39 is 17.9 Å². The standard InChI is InChI=1S/C29H32N4O2/c1-3-18(2)16-24(21-10-7-11-22(30)17-21)35-23-14-12-20(13-15-23)28-25(27(32)29(34)33-28)26(31)19-8-5-4-6-9-19/h4-15,17-18,24-25,28,31-32H,3,16,30H2,1-2H3,(H,33,34). The lowest BCUT2D eigenvalue weighted by Gasteiger charge is -2.24. The van der Waals surface area contributed by atoms with Gasteiger partial charge in [0.2, 0.25) is 0 Å². The molecule has 0 aromatic heterocycles. The molecule has 1 aliphatic heterocycles. The third kappa shape index (κ3) is 5.43. The third-order valence-corrected chi connectivity index (χ3v) is 6.68. The molecular weight excluding hydrogens is 436 g/mol. The highest BCUT2D eigenvalue weighted by Crippen LogP contribution is 2.34. The van der Waals surface area contributed by atoms with Gasteiger partial charge in [0, 0.05) is 5.69 Å². The number of hydrogen-bond donors (Lipinski definition) is 4. The Morgan fingerprint density at radius 3 is 2.43 bits per heavy atom. The van der Waals surface area contributed by atoms with E-state index in [-0.39, 0.29) is 17.5 Å². The number of nitrogens with two attached hydrogens (primary N) is 1. The Kier molecular flexibility index (Phi) is 7.30. The Hall–Kier alpha value is -3.93. The van der Waals surface area contributed by atoms with Gasteiger partial charge in [-0.3, -0.25) is 10.2 Å². The molecule has 1 fully saturated rings. The molecule has 0 saturated carbocycles. The first kappa shape index (κ1) is 24.2. The minimum Gasteiger partial charge on any atom is -0.486 e. The SMILES string of the molecule is CCC(C)CC(Oc1ccc(C2NC(=O)C(=N)C2C(=N)c2ccccc2)cc1)c1cccc(N)c1. The van der Waals surface area contributed by atoms with Crippen LogP contribution in [0.1, 0.15) is 55.5 Å². The van der Waals surface area contributed by atoms with Gasteiger partial charge in [0.15, 0.2) is 0 Å². The predicted octanol–water partition coefficient (Wildman–Crippen LogP) is 5.70. The Morgan fingerprint density at radius 2 is 1.77 bits per heavy atom. The molecule has 4 rings (SSSR count). The molecule has 1 amide bonds. The van der Waals surface area contributed by atoms with Crippen LogP contribution in [0.3, 0.4) is 0 Å². The number of nitrogen functional groups attached to an aromatic ring is 1. The highest BCUT2D eigenvalue weighted by molar-refractivity contribution is 6.45. The fourth-order valence-electron chi connectivity index (χ4n) is 4.46. The summed E-state index contributed by atoms with van der Waals surface area (Å²) in [5.74, 6) is 0.127. The van der Waals surface area contributed by atoms with Crippen molar-refractivity contribution in [3.8, 4) is 5.75 Å². The summed E-state index contributed by atoms with van der Waals surface area (Å²) in [7, 11) is 0. The van der Waals surface area contributed by atoms with Crippen LogP contribution in [0.25, 0.3) is 0 Å². The van der Waals surface area contributed by atoms with E-state index in [1.807, 2.05) is 78.9 Å². The van der Waals surface area contributed by atoms with Crippen LogP contribution in [-0.2, 0) is 4.79 Å². The fraction of sp³-hybridized carbons (Fsp3) is 0.276. The van der Waals surface area contributed by atoms with E-state index in [2.05, 4.69) is 19.2 Å². The van der Waals surface area contributed by atoms with Gasteiger partial charge >= 0.3 is 0 Å². The molecule has 0 spiro atoms. The molecule has 6 nitrogen and oxygen atoms in total. The average molecular weight is 469 g/mol. The summed E-state index contributed by atoms with van der Waals surface area (Å²) in [5.41, 5.74) is 9.49. The zero-order valence-electron chi connectivity index (χ0n) is 20.1. The van der Waals surface area contributed by atoms with Gasteiger partial charge in [-0.25, -0.2) is 0 Å². The summed E-state index contributed by atoms with van der Waals surface area (Å²) >= 11 is 0. The minimum absolute atomic E-state index is 0.0838. The number of carbonyl (C=O) groups excluding carboxylic acids is 1. The highest BCUT2D eigenvalue weighted by Gasteiger charge is 2.41. The molecule has 0 aliphatic carbocycles. The second kappa shape index (κ2) is 10.6. The monoisotopic (exact) mass is 468 g/mol. The second-order valence-corrected chi connectivity index (χ2v) is 9.22. The van der Waals surface area contributed by atoms with Crippen molar-refractivity contribution >= 4 is 23.0 Å².